The predicted molar refractivity (Wildman–Crippen MR) is 86.3 cm³/mol. The summed E-state index contributed by atoms with van der Waals surface area (Å²) in [7, 11) is 5.42. The van der Waals surface area contributed by atoms with Crippen molar-refractivity contribution in [1.29, 1.82) is 0 Å². The predicted octanol–water partition coefficient (Wildman–Crippen LogP) is 4.93. The molecule has 0 bridgehead atoms. The molecule has 0 aliphatic heterocycles. The third-order valence-electron chi connectivity index (χ3n) is 2.08. The van der Waals surface area contributed by atoms with Crippen molar-refractivity contribution in [3.05, 3.63) is 16.0 Å². The van der Waals surface area contributed by atoms with Crippen LogP contribution in [-0.2, 0) is 20.9 Å². The number of hydrogen-bond acceptors (Lipinski definition) is 1. The summed E-state index contributed by atoms with van der Waals surface area (Å²) in [6.45, 7) is 15.4. The summed E-state index contributed by atoms with van der Waals surface area (Å²) >= 11 is 1.16. The fourth-order valence-corrected chi connectivity index (χ4v) is 0.579. The Kier molecular flexibility index (Phi) is 39.2. The van der Waals surface area contributed by atoms with Crippen molar-refractivity contribution in [2.45, 2.75) is 53.5 Å². The first-order valence-corrected chi connectivity index (χ1v) is 8.33. The monoisotopic (exact) mass is 440 g/mol. The van der Waals surface area contributed by atoms with Gasteiger partial charge in [0.1, 0.15) is 0 Å². The van der Waals surface area contributed by atoms with Gasteiger partial charge in [-0.1, -0.05) is 20.8 Å². The van der Waals surface area contributed by atoms with E-state index in [2.05, 4.69) is 40.1 Å². The molecule has 0 saturated heterocycles. The molecule has 0 unspecified atom stereocenters. The fourth-order valence-electron chi connectivity index (χ4n) is 0.0707. The zero-order valence-corrected chi connectivity index (χ0v) is 17.8. The minimum absolute atomic E-state index is 0.258. The Hall–Kier alpha value is 0.420. The molecule has 0 aromatic heterocycles. The van der Waals surface area contributed by atoms with Crippen LogP contribution in [0.2, 0.25) is 0 Å². The molecule has 0 radical (unpaired) electrons. The SMILES string of the molecule is CCC(C)(C)[N]=[Ta].CC[N-]C.CC[N-]C.CC[N-]C. The Balaban J connectivity index is -0.0000000825. The van der Waals surface area contributed by atoms with Crippen LogP contribution in [-0.4, -0.2) is 46.3 Å². The molecule has 0 rings (SSSR count). The van der Waals surface area contributed by atoms with Gasteiger partial charge in [0, 0.05) is 0 Å². The normalized spacial score (nSPS) is 8.84. The van der Waals surface area contributed by atoms with Crippen molar-refractivity contribution in [2.24, 2.45) is 3.34 Å². The van der Waals surface area contributed by atoms with Crippen molar-refractivity contribution >= 4 is 0 Å². The second-order valence-corrected chi connectivity index (χ2v) is 4.88. The first-order valence-electron chi connectivity index (χ1n) is 6.90. The van der Waals surface area contributed by atoms with E-state index in [1.807, 2.05) is 20.8 Å². The summed E-state index contributed by atoms with van der Waals surface area (Å²) < 4.78 is 4.25. The summed E-state index contributed by atoms with van der Waals surface area (Å²) in [5, 5.41) is 11.2. The molecule has 4 nitrogen and oxygen atoms in total. The Morgan fingerprint density at radius 2 is 1.00 bits per heavy atom. The van der Waals surface area contributed by atoms with Crippen LogP contribution >= 0.6 is 0 Å². The Morgan fingerprint density at radius 3 is 1.00 bits per heavy atom. The molecule has 19 heavy (non-hydrogen) atoms. The van der Waals surface area contributed by atoms with Crippen LogP contribution in [0.5, 0.6) is 0 Å². The van der Waals surface area contributed by atoms with Crippen LogP contribution in [0.1, 0.15) is 48.0 Å². The maximum Gasteiger partial charge on any atom is -0.0844 e. The zero-order chi connectivity index (χ0) is 16.2. The van der Waals surface area contributed by atoms with Gasteiger partial charge in [0.15, 0.2) is 0 Å². The maximum atomic E-state index is 4.25. The van der Waals surface area contributed by atoms with E-state index in [-0.39, 0.29) is 5.54 Å². The molecule has 5 heteroatoms. The molecule has 0 aromatic carbocycles. The quantitative estimate of drug-likeness (QED) is 0.582. The summed E-state index contributed by atoms with van der Waals surface area (Å²) in [6, 6.07) is 0. The minimum Gasteiger partial charge on any atom is -0.665 e. The Morgan fingerprint density at radius 1 is 0.789 bits per heavy atom. The summed E-state index contributed by atoms with van der Waals surface area (Å²) in [5.41, 5.74) is 0.258. The van der Waals surface area contributed by atoms with Crippen molar-refractivity contribution in [2.75, 3.05) is 40.8 Å². The molecule has 0 aliphatic carbocycles. The Bertz CT molecular complexity index is 126. The fraction of sp³-hybridized carbons (Fsp3) is 1.00. The molecule has 0 N–H and O–H groups in total. The molecule has 0 fully saturated rings. The average Bonchev–Trinajstić information content (AvgIpc) is 2.47. The first-order chi connectivity index (χ1) is 8.86. The van der Waals surface area contributed by atoms with Gasteiger partial charge in [-0.05, 0) is 0 Å². The summed E-state index contributed by atoms with van der Waals surface area (Å²) in [6.07, 6.45) is 1.16. The third kappa shape index (κ3) is 56.0. The van der Waals surface area contributed by atoms with Crippen LogP contribution in [0, 0.1) is 0 Å². The molecule has 0 aliphatic rings. The first kappa shape index (κ1) is 27.7. The van der Waals surface area contributed by atoms with Crippen LogP contribution in [0.25, 0.3) is 16.0 Å². The van der Waals surface area contributed by atoms with Crippen molar-refractivity contribution in [3.63, 3.8) is 0 Å². The van der Waals surface area contributed by atoms with Gasteiger partial charge in [-0.25, -0.2) is 0 Å². The van der Waals surface area contributed by atoms with Gasteiger partial charge in [-0.2, -0.15) is 40.8 Å². The topological polar surface area (TPSA) is 54.7 Å². The largest absolute Gasteiger partial charge is 0.665 e. The van der Waals surface area contributed by atoms with Gasteiger partial charge < -0.3 is 16.0 Å². The Labute approximate surface area is 134 Å². The van der Waals surface area contributed by atoms with Crippen LogP contribution in [0.15, 0.2) is 3.34 Å². The van der Waals surface area contributed by atoms with E-state index in [1.165, 1.54) is 0 Å². The van der Waals surface area contributed by atoms with Gasteiger partial charge in [0.25, 0.3) is 0 Å². The van der Waals surface area contributed by atoms with E-state index in [1.54, 1.807) is 21.1 Å². The number of nitrogens with zero attached hydrogens (tertiary/aromatic N) is 4. The van der Waals surface area contributed by atoms with E-state index in [0.29, 0.717) is 0 Å². The maximum absolute atomic E-state index is 4.25. The van der Waals surface area contributed by atoms with Gasteiger partial charge in [0.2, 0.25) is 0 Å². The molecule has 0 heterocycles. The minimum atomic E-state index is 0.258. The van der Waals surface area contributed by atoms with Crippen molar-refractivity contribution in [1.82, 2.24) is 0 Å². The molecular formula is C14H35N4Ta-3. The second-order valence-electron chi connectivity index (χ2n) is 4.16. The molecule has 0 saturated carbocycles. The molecule has 0 spiro atoms. The molecular weight excluding hydrogens is 405 g/mol. The molecule has 0 amide bonds. The van der Waals surface area contributed by atoms with Gasteiger partial charge in [-0.3, -0.25) is 0 Å². The summed E-state index contributed by atoms with van der Waals surface area (Å²) in [5.74, 6) is 0. The van der Waals surface area contributed by atoms with Gasteiger partial charge >= 0.3 is 57.0 Å². The molecule has 0 aromatic rings. The van der Waals surface area contributed by atoms with Gasteiger partial charge in [0.05, 0.1) is 0 Å². The van der Waals surface area contributed by atoms with E-state index in [0.717, 1.165) is 46.9 Å². The van der Waals surface area contributed by atoms with Crippen LogP contribution in [0.3, 0.4) is 0 Å². The van der Waals surface area contributed by atoms with E-state index in [9.17, 15) is 0 Å². The number of rotatable bonds is 5. The van der Waals surface area contributed by atoms with E-state index in [4.69, 9.17) is 0 Å². The zero-order valence-electron chi connectivity index (χ0n) is 14.6. The molecule has 119 valence electrons. The smallest absolute Gasteiger partial charge is 0.0844 e. The standard InChI is InChI=1S/C5H11N.3C3H8N.Ta/c1-4-5(2,3)6;3*1-3-4-2;/h4H2,1-3H3;3*3H2,1-2H3;/q;3*-1;. The molecule has 0 atom stereocenters. The van der Waals surface area contributed by atoms with Crippen LogP contribution in [0.4, 0.5) is 0 Å². The summed E-state index contributed by atoms with van der Waals surface area (Å²) in [4.78, 5) is 0. The third-order valence-corrected chi connectivity index (χ3v) is 4.03. The van der Waals surface area contributed by atoms with Crippen molar-refractivity contribution < 1.29 is 20.9 Å². The van der Waals surface area contributed by atoms with Crippen LogP contribution < -0.4 is 0 Å². The van der Waals surface area contributed by atoms with Crippen molar-refractivity contribution in [3.8, 4) is 0 Å². The van der Waals surface area contributed by atoms with Gasteiger partial charge in [-0.15, -0.1) is 0 Å². The van der Waals surface area contributed by atoms with E-state index >= 15 is 0 Å². The average molecular weight is 440 g/mol. The number of hydrogen-bond donors (Lipinski definition) is 0. The second kappa shape index (κ2) is 26.9. The van der Waals surface area contributed by atoms with E-state index < -0.39 is 0 Å².